The Bertz CT molecular complexity index is 685. The number of hydrogen-bond acceptors (Lipinski definition) is 3. The van der Waals surface area contributed by atoms with Crippen LogP contribution >= 0.6 is 0 Å². The second-order valence-corrected chi connectivity index (χ2v) is 8.26. The first-order valence-electron chi connectivity index (χ1n) is 10.3. The van der Waals surface area contributed by atoms with E-state index in [0.717, 1.165) is 55.8 Å². The van der Waals surface area contributed by atoms with Gasteiger partial charge in [-0.15, -0.1) is 0 Å². The van der Waals surface area contributed by atoms with Crippen molar-refractivity contribution >= 4 is 5.96 Å². The molecule has 1 aliphatic heterocycles. The van der Waals surface area contributed by atoms with Crippen molar-refractivity contribution in [3.05, 3.63) is 35.4 Å². The van der Waals surface area contributed by atoms with Gasteiger partial charge in [0.1, 0.15) is 0 Å². The van der Waals surface area contributed by atoms with Gasteiger partial charge < -0.3 is 10.6 Å². The van der Waals surface area contributed by atoms with Gasteiger partial charge >= 0.3 is 6.18 Å². The van der Waals surface area contributed by atoms with Crippen LogP contribution in [0.2, 0.25) is 0 Å². The lowest BCUT2D eigenvalue weighted by atomic mass is 10.1. The van der Waals surface area contributed by atoms with E-state index >= 15 is 0 Å². The molecule has 2 atom stereocenters. The maximum Gasteiger partial charge on any atom is 0.416 e. The van der Waals surface area contributed by atoms with E-state index in [1.165, 1.54) is 12.8 Å². The fourth-order valence-electron chi connectivity index (χ4n) is 3.77. The summed E-state index contributed by atoms with van der Waals surface area (Å²) in [6.07, 6.45) is -0.705. The molecule has 162 valence electrons. The number of halogens is 3. The van der Waals surface area contributed by atoms with Crippen molar-refractivity contribution < 1.29 is 13.2 Å². The minimum absolute atomic E-state index is 0.284. The Morgan fingerprint density at radius 2 is 1.93 bits per heavy atom. The van der Waals surface area contributed by atoms with Crippen LogP contribution in [0.15, 0.2) is 29.3 Å². The smallest absolute Gasteiger partial charge is 0.355 e. The Labute approximate surface area is 171 Å². The molecular formula is C21H32F3N5. The molecule has 1 aromatic rings. The number of aliphatic imine (C=N–C) groups is 1. The van der Waals surface area contributed by atoms with Gasteiger partial charge in [-0.25, -0.2) is 0 Å². The van der Waals surface area contributed by atoms with Crippen molar-refractivity contribution in [1.82, 2.24) is 20.4 Å². The maximum atomic E-state index is 12.7. The van der Waals surface area contributed by atoms with Crippen LogP contribution in [0.1, 0.15) is 37.3 Å². The molecule has 2 fully saturated rings. The van der Waals surface area contributed by atoms with Gasteiger partial charge in [0.15, 0.2) is 5.96 Å². The number of nitrogens with one attached hydrogen (secondary N) is 2. The van der Waals surface area contributed by atoms with Crippen molar-refractivity contribution in [2.75, 3.05) is 33.7 Å². The van der Waals surface area contributed by atoms with Crippen LogP contribution in [-0.2, 0) is 12.7 Å². The van der Waals surface area contributed by atoms with Gasteiger partial charge in [0.05, 0.1) is 5.56 Å². The van der Waals surface area contributed by atoms with Gasteiger partial charge in [0.25, 0.3) is 0 Å². The topological polar surface area (TPSA) is 42.9 Å². The number of rotatable bonds is 7. The molecule has 1 saturated carbocycles. The number of guanidine groups is 1. The second-order valence-electron chi connectivity index (χ2n) is 8.26. The molecule has 1 saturated heterocycles. The molecule has 0 radical (unpaired) electrons. The number of likely N-dealkylation sites (tertiary alicyclic amines) is 1. The van der Waals surface area contributed by atoms with Crippen LogP contribution in [0.4, 0.5) is 13.2 Å². The summed E-state index contributed by atoms with van der Waals surface area (Å²) in [5.41, 5.74) is 0.303. The largest absolute Gasteiger partial charge is 0.416 e. The summed E-state index contributed by atoms with van der Waals surface area (Å²) in [7, 11) is 3.95. The third-order valence-electron chi connectivity index (χ3n) is 5.91. The summed E-state index contributed by atoms with van der Waals surface area (Å²) in [5, 5.41) is 6.90. The highest BCUT2D eigenvalue weighted by Crippen LogP contribution is 2.29. The molecule has 2 aliphatic rings. The minimum atomic E-state index is -4.28. The zero-order valence-electron chi connectivity index (χ0n) is 17.5. The van der Waals surface area contributed by atoms with Crippen molar-refractivity contribution in [1.29, 1.82) is 0 Å². The maximum absolute atomic E-state index is 12.7. The molecule has 3 rings (SSSR count). The van der Waals surface area contributed by atoms with Gasteiger partial charge in [-0.1, -0.05) is 12.1 Å². The summed E-state index contributed by atoms with van der Waals surface area (Å²) in [6.45, 7) is 5.48. The van der Waals surface area contributed by atoms with Crippen LogP contribution in [-0.4, -0.2) is 67.6 Å². The molecule has 1 aromatic carbocycles. The quantitative estimate of drug-likeness (QED) is 0.535. The van der Waals surface area contributed by atoms with Crippen molar-refractivity contribution in [2.24, 2.45) is 4.99 Å². The van der Waals surface area contributed by atoms with E-state index in [2.05, 4.69) is 39.4 Å². The fourth-order valence-corrected chi connectivity index (χ4v) is 3.77. The number of hydrogen-bond donors (Lipinski definition) is 2. The first-order chi connectivity index (χ1) is 13.8. The monoisotopic (exact) mass is 411 g/mol. The van der Waals surface area contributed by atoms with E-state index in [0.29, 0.717) is 12.6 Å². The number of likely N-dealkylation sites (N-methyl/N-ethyl adjacent to an activating group) is 1. The lowest BCUT2D eigenvalue weighted by Crippen LogP contribution is -2.48. The van der Waals surface area contributed by atoms with E-state index in [-0.39, 0.29) is 6.04 Å². The van der Waals surface area contributed by atoms with E-state index in [1.807, 2.05) is 0 Å². The molecule has 0 aromatic heterocycles. The predicted octanol–water partition coefficient (Wildman–Crippen LogP) is 2.93. The number of benzene rings is 1. The van der Waals surface area contributed by atoms with Crippen LogP contribution in [0.5, 0.6) is 0 Å². The average Bonchev–Trinajstić information content (AvgIpc) is 3.45. The normalized spacial score (nSPS) is 22.2. The summed E-state index contributed by atoms with van der Waals surface area (Å²) in [6, 6.07) is 6.92. The highest BCUT2D eigenvalue weighted by molar-refractivity contribution is 5.80. The van der Waals surface area contributed by atoms with E-state index in [4.69, 9.17) is 0 Å². The van der Waals surface area contributed by atoms with Crippen molar-refractivity contribution in [3.63, 3.8) is 0 Å². The van der Waals surface area contributed by atoms with Crippen molar-refractivity contribution in [2.45, 2.75) is 57.0 Å². The van der Waals surface area contributed by atoms with E-state index in [1.54, 1.807) is 19.2 Å². The molecule has 1 heterocycles. The zero-order chi connectivity index (χ0) is 21.0. The van der Waals surface area contributed by atoms with Crippen molar-refractivity contribution in [3.8, 4) is 0 Å². The highest BCUT2D eigenvalue weighted by atomic mass is 19.4. The van der Waals surface area contributed by atoms with Gasteiger partial charge in [-0.05, 0) is 50.9 Å². The standard InChI is InChI=1S/C21H32F3N5/c1-15(28(3)19-8-9-19)12-26-20(25-2)27-18-10-11-29(14-18)13-16-4-6-17(7-5-16)21(22,23)24/h4-7,15,18-19H,8-14H2,1-3H3,(H2,25,26,27). The predicted molar refractivity (Wildman–Crippen MR) is 110 cm³/mol. The Balaban J connectivity index is 1.42. The third kappa shape index (κ3) is 6.34. The van der Waals surface area contributed by atoms with Gasteiger partial charge in [0, 0.05) is 51.4 Å². The Hall–Kier alpha value is -1.80. The minimum Gasteiger partial charge on any atom is -0.355 e. The summed E-state index contributed by atoms with van der Waals surface area (Å²) < 4.78 is 38.1. The molecular weight excluding hydrogens is 379 g/mol. The Morgan fingerprint density at radius 1 is 1.24 bits per heavy atom. The average molecular weight is 412 g/mol. The highest BCUT2D eigenvalue weighted by Gasteiger charge is 2.31. The summed E-state index contributed by atoms with van der Waals surface area (Å²) in [4.78, 5) is 9.02. The summed E-state index contributed by atoms with van der Waals surface area (Å²) in [5.74, 6) is 0.808. The molecule has 0 bridgehead atoms. The molecule has 8 heteroatoms. The van der Waals surface area contributed by atoms with Gasteiger partial charge in [-0.3, -0.25) is 14.8 Å². The zero-order valence-corrected chi connectivity index (χ0v) is 17.5. The molecule has 2 unspecified atom stereocenters. The van der Waals surface area contributed by atoms with Crippen LogP contribution in [0.3, 0.4) is 0 Å². The van der Waals surface area contributed by atoms with E-state index in [9.17, 15) is 13.2 Å². The molecule has 29 heavy (non-hydrogen) atoms. The SMILES string of the molecule is CN=C(NCC(C)N(C)C1CC1)NC1CCN(Cc2ccc(C(F)(F)F)cc2)C1. The van der Waals surface area contributed by atoms with Gasteiger partial charge in [0.2, 0.25) is 0 Å². The molecule has 0 spiro atoms. The second kappa shape index (κ2) is 9.34. The first kappa shape index (κ1) is 21.9. The van der Waals surface area contributed by atoms with Crippen LogP contribution < -0.4 is 10.6 Å². The lowest BCUT2D eigenvalue weighted by molar-refractivity contribution is -0.137. The molecule has 1 aliphatic carbocycles. The molecule has 2 N–H and O–H groups in total. The Morgan fingerprint density at radius 3 is 2.52 bits per heavy atom. The summed E-state index contributed by atoms with van der Waals surface area (Å²) >= 11 is 0. The van der Waals surface area contributed by atoms with Gasteiger partial charge in [-0.2, -0.15) is 13.2 Å². The lowest BCUT2D eigenvalue weighted by Gasteiger charge is -2.26. The molecule has 5 nitrogen and oxygen atoms in total. The van der Waals surface area contributed by atoms with E-state index < -0.39 is 11.7 Å². The fraction of sp³-hybridized carbons (Fsp3) is 0.667. The number of alkyl halides is 3. The molecule has 0 amide bonds. The third-order valence-corrected chi connectivity index (χ3v) is 5.91. The van der Waals surface area contributed by atoms with Crippen LogP contribution in [0.25, 0.3) is 0 Å². The van der Waals surface area contributed by atoms with Crippen LogP contribution in [0, 0.1) is 0 Å². The first-order valence-corrected chi connectivity index (χ1v) is 10.3. The number of nitrogens with zero attached hydrogens (tertiary/aromatic N) is 3. The Kier molecular flexibility index (Phi) is 7.05.